The first-order valence-electron chi connectivity index (χ1n) is 10.5. The van der Waals surface area contributed by atoms with Gasteiger partial charge >= 0.3 is 0 Å². The van der Waals surface area contributed by atoms with Crippen molar-refractivity contribution in [2.24, 2.45) is 0 Å². The van der Waals surface area contributed by atoms with Gasteiger partial charge in [0, 0.05) is 37.2 Å². The number of hydrogen-bond acceptors (Lipinski definition) is 5. The number of aryl methyl sites for hydroxylation is 1. The van der Waals surface area contributed by atoms with E-state index >= 15 is 0 Å². The van der Waals surface area contributed by atoms with Crippen LogP contribution in [0.1, 0.15) is 41.9 Å². The molecular formula is C24H27N3O5S. The molecule has 0 aliphatic heterocycles. The van der Waals surface area contributed by atoms with E-state index in [2.05, 4.69) is 15.4 Å². The minimum atomic E-state index is -3.72. The molecule has 0 radical (unpaired) electrons. The van der Waals surface area contributed by atoms with Crippen molar-refractivity contribution >= 4 is 27.5 Å². The van der Waals surface area contributed by atoms with Crippen molar-refractivity contribution < 1.29 is 22.4 Å². The molecule has 0 aliphatic rings. The Morgan fingerprint density at radius 2 is 1.70 bits per heavy atom. The van der Waals surface area contributed by atoms with Gasteiger partial charge in [0.25, 0.3) is 5.91 Å². The van der Waals surface area contributed by atoms with Gasteiger partial charge in [-0.25, -0.2) is 13.1 Å². The van der Waals surface area contributed by atoms with Crippen molar-refractivity contribution in [2.45, 2.75) is 44.2 Å². The first-order chi connectivity index (χ1) is 15.7. The van der Waals surface area contributed by atoms with Gasteiger partial charge in [-0.15, -0.1) is 0 Å². The normalized spacial score (nSPS) is 12.2. The van der Waals surface area contributed by atoms with Crippen molar-refractivity contribution in [3.63, 3.8) is 0 Å². The fourth-order valence-corrected chi connectivity index (χ4v) is 4.17. The van der Waals surface area contributed by atoms with Crippen LogP contribution in [0.15, 0.2) is 76.2 Å². The highest BCUT2D eigenvalue weighted by Crippen LogP contribution is 2.15. The van der Waals surface area contributed by atoms with E-state index in [4.69, 9.17) is 4.42 Å². The number of carbonyl (C=O) groups excluding carboxylic acids is 2. The Balaban J connectivity index is 1.51. The number of anilines is 1. The molecule has 3 N–H and O–H groups in total. The van der Waals surface area contributed by atoms with Gasteiger partial charge in [0.1, 0.15) is 5.76 Å². The quantitative estimate of drug-likeness (QED) is 0.420. The van der Waals surface area contributed by atoms with Crippen molar-refractivity contribution in [3.05, 3.63) is 83.8 Å². The van der Waals surface area contributed by atoms with Crippen LogP contribution in [-0.2, 0) is 27.8 Å². The van der Waals surface area contributed by atoms with Gasteiger partial charge in [0.05, 0.1) is 11.2 Å². The summed E-state index contributed by atoms with van der Waals surface area (Å²) in [6.45, 7) is 3.40. The predicted molar refractivity (Wildman–Crippen MR) is 125 cm³/mol. The summed E-state index contributed by atoms with van der Waals surface area (Å²) in [6.07, 6.45) is 3.12. The predicted octanol–water partition coefficient (Wildman–Crippen LogP) is 3.47. The second-order valence-corrected chi connectivity index (χ2v) is 9.49. The maximum atomic E-state index is 12.5. The van der Waals surface area contributed by atoms with Crippen molar-refractivity contribution in [1.29, 1.82) is 0 Å². The minimum Gasteiger partial charge on any atom is -0.469 e. The third-order valence-electron chi connectivity index (χ3n) is 4.95. The lowest BCUT2D eigenvalue weighted by Gasteiger charge is -2.13. The van der Waals surface area contributed by atoms with E-state index < -0.39 is 10.0 Å². The zero-order valence-corrected chi connectivity index (χ0v) is 19.3. The molecular weight excluding hydrogens is 442 g/mol. The van der Waals surface area contributed by atoms with E-state index in [9.17, 15) is 18.0 Å². The Kier molecular flexibility index (Phi) is 8.02. The van der Waals surface area contributed by atoms with E-state index in [0.29, 0.717) is 11.3 Å². The van der Waals surface area contributed by atoms with E-state index in [1.54, 1.807) is 30.5 Å². The van der Waals surface area contributed by atoms with Gasteiger partial charge in [-0.05, 0) is 67.4 Å². The number of furan rings is 1. The molecule has 174 valence electrons. The molecule has 2 aromatic carbocycles. The molecule has 1 heterocycles. The molecule has 0 bridgehead atoms. The molecule has 0 aliphatic carbocycles. The van der Waals surface area contributed by atoms with Crippen molar-refractivity contribution in [2.75, 3.05) is 5.32 Å². The molecule has 1 atom stereocenters. The largest absolute Gasteiger partial charge is 0.469 e. The average molecular weight is 470 g/mol. The molecule has 2 amide bonds. The van der Waals surface area contributed by atoms with Gasteiger partial charge < -0.3 is 15.1 Å². The lowest BCUT2D eigenvalue weighted by atomic mass is 10.1. The molecule has 0 saturated carbocycles. The fraction of sp³-hybridized carbons (Fsp3) is 0.250. The van der Waals surface area contributed by atoms with E-state index in [0.717, 1.165) is 24.2 Å². The summed E-state index contributed by atoms with van der Waals surface area (Å²) in [5.41, 5.74) is 1.74. The topological polar surface area (TPSA) is 118 Å². The molecule has 0 spiro atoms. The first kappa shape index (κ1) is 24.2. The number of amides is 2. The first-order valence-corrected chi connectivity index (χ1v) is 12.0. The number of sulfonamides is 1. The Hall–Kier alpha value is -3.43. The summed E-state index contributed by atoms with van der Waals surface area (Å²) in [5.74, 6) is 0.462. The van der Waals surface area contributed by atoms with Crippen molar-refractivity contribution in [1.82, 2.24) is 10.0 Å². The summed E-state index contributed by atoms with van der Waals surface area (Å²) < 4.78 is 32.9. The lowest BCUT2D eigenvalue weighted by Crippen LogP contribution is -2.32. The third kappa shape index (κ3) is 7.30. The van der Waals surface area contributed by atoms with Crippen LogP contribution >= 0.6 is 0 Å². The van der Waals surface area contributed by atoms with Gasteiger partial charge in [0.2, 0.25) is 15.9 Å². The highest BCUT2D eigenvalue weighted by Gasteiger charge is 2.15. The molecule has 3 rings (SSSR count). The van der Waals surface area contributed by atoms with Crippen LogP contribution in [0, 0.1) is 0 Å². The van der Waals surface area contributed by atoms with E-state index in [1.807, 2.05) is 19.1 Å². The highest BCUT2D eigenvalue weighted by molar-refractivity contribution is 7.89. The second kappa shape index (κ2) is 10.9. The molecule has 0 fully saturated rings. The minimum absolute atomic E-state index is 0.0221. The maximum Gasteiger partial charge on any atom is 0.251 e. The summed E-state index contributed by atoms with van der Waals surface area (Å²) in [5, 5.41) is 5.54. The zero-order valence-electron chi connectivity index (χ0n) is 18.5. The number of nitrogens with one attached hydrogen (secondary N) is 3. The van der Waals surface area contributed by atoms with Crippen molar-refractivity contribution in [3.8, 4) is 0 Å². The van der Waals surface area contributed by atoms with E-state index in [-0.39, 0.29) is 29.3 Å². The zero-order chi connectivity index (χ0) is 23.8. The number of rotatable bonds is 10. The summed E-state index contributed by atoms with van der Waals surface area (Å²) in [4.78, 5) is 23.6. The Morgan fingerprint density at radius 3 is 2.30 bits per heavy atom. The number of carbonyl (C=O) groups is 2. The van der Waals surface area contributed by atoms with Crippen LogP contribution in [0.2, 0.25) is 0 Å². The molecule has 33 heavy (non-hydrogen) atoms. The average Bonchev–Trinajstić information content (AvgIpc) is 3.30. The summed E-state index contributed by atoms with van der Waals surface area (Å²) in [7, 11) is -3.72. The SMILES string of the molecule is CC(=O)Nc1ccc(S(=O)(=O)NCc2ccc(C(=O)NC(C)CCc3ccco3)cc2)cc1. The molecule has 9 heteroatoms. The molecule has 8 nitrogen and oxygen atoms in total. The summed E-state index contributed by atoms with van der Waals surface area (Å²) in [6, 6.07) is 16.4. The number of hydrogen-bond donors (Lipinski definition) is 3. The number of benzene rings is 2. The lowest BCUT2D eigenvalue weighted by molar-refractivity contribution is -0.114. The highest BCUT2D eigenvalue weighted by atomic mass is 32.2. The van der Waals surface area contributed by atoms with E-state index in [1.165, 1.54) is 31.2 Å². The van der Waals surface area contributed by atoms with Crippen LogP contribution in [0.4, 0.5) is 5.69 Å². The molecule has 0 saturated heterocycles. The van der Waals surface area contributed by atoms with Gasteiger partial charge in [-0.1, -0.05) is 12.1 Å². The van der Waals surface area contributed by atoms with Gasteiger partial charge in [-0.2, -0.15) is 0 Å². The second-order valence-electron chi connectivity index (χ2n) is 7.72. The van der Waals surface area contributed by atoms with Crippen LogP contribution in [0.5, 0.6) is 0 Å². The molecule has 3 aromatic rings. The fourth-order valence-electron chi connectivity index (χ4n) is 3.15. The Bertz CT molecular complexity index is 1170. The maximum absolute atomic E-state index is 12.5. The smallest absolute Gasteiger partial charge is 0.251 e. The summed E-state index contributed by atoms with van der Waals surface area (Å²) >= 11 is 0. The van der Waals surface area contributed by atoms with Crippen LogP contribution < -0.4 is 15.4 Å². The van der Waals surface area contributed by atoms with Crippen LogP contribution in [-0.4, -0.2) is 26.3 Å². The van der Waals surface area contributed by atoms with Crippen LogP contribution in [0.3, 0.4) is 0 Å². The standard InChI is InChI=1S/C24H27N3O5S/c1-17(5-12-22-4-3-15-32-22)26-24(29)20-8-6-19(7-9-20)16-25-33(30,31)23-13-10-21(11-14-23)27-18(2)28/h3-4,6-11,13-15,17,25H,5,12,16H2,1-2H3,(H,26,29)(H,27,28). The monoisotopic (exact) mass is 469 g/mol. The Labute approximate surface area is 193 Å². The van der Waals surface area contributed by atoms with Crippen LogP contribution in [0.25, 0.3) is 0 Å². The molecule has 1 unspecified atom stereocenters. The Morgan fingerprint density at radius 1 is 1.00 bits per heavy atom. The van der Waals surface area contributed by atoms with Gasteiger partial charge in [0.15, 0.2) is 0 Å². The third-order valence-corrected chi connectivity index (χ3v) is 6.37. The van der Waals surface area contributed by atoms with Gasteiger partial charge in [-0.3, -0.25) is 9.59 Å². The molecule has 1 aromatic heterocycles.